The van der Waals surface area contributed by atoms with Crippen LogP contribution in [0.15, 0.2) is 42.5 Å². The summed E-state index contributed by atoms with van der Waals surface area (Å²) in [5, 5.41) is 19.7. The highest BCUT2D eigenvalue weighted by Crippen LogP contribution is 2.61. The molecule has 1 aromatic rings. The Balaban J connectivity index is 0.000000314. The minimum absolute atomic E-state index is 0.523. The van der Waals surface area contributed by atoms with E-state index in [9.17, 15) is 9.59 Å². The quantitative estimate of drug-likeness (QED) is 0.365. The van der Waals surface area contributed by atoms with Gasteiger partial charge in [-0.1, -0.05) is 30.3 Å². The molecule has 4 aliphatic carbocycles. The molecular formula is C28H40N2O5. The van der Waals surface area contributed by atoms with Crippen LogP contribution in [-0.4, -0.2) is 72.5 Å². The second-order valence-electron chi connectivity index (χ2n) is 10.9. The normalized spacial score (nSPS) is 31.8. The van der Waals surface area contributed by atoms with Crippen molar-refractivity contribution in [3.05, 3.63) is 48.0 Å². The van der Waals surface area contributed by atoms with Gasteiger partial charge in [-0.2, -0.15) is 0 Å². The molecule has 3 N–H and O–H groups in total. The van der Waals surface area contributed by atoms with Crippen molar-refractivity contribution in [2.75, 3.05) is 39.4 Å². The molecule has 0 aromatic heterocycles. The van der Waals surface area contributed by atoms with E-state index in [1.54, 1.807) is 5.56 Å². The van der Waals surface area contributed by atoms with Crippen molar-refractivity contribution in [3.63, 3.8) is 0 Å². The van der Waals surface area contributed by atoms with Gasteiger partial charge in [-0.3, -0.25) is 4.90 Å². The number of carbonyl (C=O) groups is 2. The van der Waals surface area contributed by atoms with Gasteiger partial charge in [0, 0.05) is 31.3 Å². The molecule has 0 amide bonds. The Labute approximate surface area is 208 Å². The zero-order valence-corrected chi connectivity index (χ0v) is 20.6. The Morgan fingerprint density at radius 2 is 1.63 bits per heavy atom. The standard InChI is InChI=1S/C24H36N2O.C4H4O4/c1-2-5-19(6-3-1)16-24-17-20-13-21(18-24)15-22(14-20)23(24)25-7-4-8-26-9-11-27-12-10-26;5-3(6)1-2-4(7)8/h1-3,5-6,20-23,25H,4,7-18H2;1-2H,(H,5,6)(H,7,8)/b;2-1+. The second-order valence-corrected chi connectivity index (χ2v) is 10.9. The Bertz CT molecular complexity index is 837. The van der Waals surface area contributed by atoms with Crippen LogP contribution in [0.2, 0.25) is 0 Å². The van der Waals surface area contributed by atoms with Gasteiger partial charge in [-0.05, 0) is 86.8 Å². The van der Waals surface area contributed by atoms with E-state index in [2.05, 4.69) is 40.5 Å². The Hall–Kier alpha value is -2.22. The van der Waals surface area contributed by atoms with Crippen LogP contribution in [0.4, 0.5) is 0 Å². The van der Waals surface area contributed by atoms with E-state index in [4.69, 9.17) is 14.9 Å². The van der Waals surface area contributed by atoms with E-state index < -0.39 is 11.9 Å². The molecular weight excluding hydrogens is 444 g/mol. The molecule has 1 heterocycles. The third kappa shape index (κ3) is 7.15. The lowest BCUT2D eigenvalue weighted by molar-refractivity contribution is -0.134. The number of benzene rings is 1. The number of hydrogen-bond acceptors (Lipinski definition) is 5. The molecule has 6 rings (SSSR count). The van der Waals surface area contributed by atoms with Crippen LogP contribution < -0.4 is 5.32 Å². The van der Waals surface area contributed by atoms with E-state index in [0.29, 0.717) is 17.6 Å². The second kappa shape index (κ2) is 12.2. The molecule has 35 heavy (non-hydrogen) atoms. The maximum atomic E-state index is 9.55. The molecule has 0 radical (unpaired) electrons. The zero-order chi connectivity index (χ0) is 24.7. The summed E-state index contributed by atoms with van der Waals surface area (Å²) in [6.07, 6.45) is 11.1. The van der Waals surface area contributed by atoms with E-state index in [1.165, 1.54) is 58.0 Å². The van der Waals surface area contributed by atoms with Crippen LogP contribution in [0.3, 0.4) is 0 Å². The van der Waals surface area contributed by atoms with Gasteiger partial charge in [-0.25, -0.2) is 9.59 Å². The number of hydrogen-bond donors (Lipinski definition) is 3. The molecule has 0 spiro atoms. The van der Waals surface area contributed by atoms with Crippen molar-refractivity contribution in [3.8, 4) is 0 Å². The molecule has 7 nitrogen and oxygen atoms in total. The molecule has 1 saturated heterocycles. The van der Waals surface area contributed by atoms with Crippen LogP contribution >= 0.6 is 0 Å². The predicted molar refractivity (Wildman–Crippen MR) is 134 cm³/mol. The lowest BCUT2D eigenvalue weighted by Gasteiger charge is -2.62. The summed E-state index contributed by atoms with van der Waals surface area (Å²) in [6, 6.07) is 12.1. The minimum Gasteiger partial charge on any atom is -0.478 e. The maximum Gasteiger partial charge on any atom is 0.328 e. The third-order valence-electron chi connectivity index (χ3n) is 8.35. The molecule has 192 valence electrons. The summed E-state index contributed by atoms with van der Waals surface area (Å²) in [5.74, 6) is 0.443. The Morgan fingerprint density at radius 3 is 2.23 bits per heavy atom. The summed E-state index contributed by atoms with van der Waals surface area (Å²) in [4.78, 5) is 21.7. The number of ether oxygens (including phenoxy) is 1. The van der Waals surface area contributed by atoms with E-state index in [-0.39, 0.29) is 0 Å². The summed E-state index contributed by atoms with van der Waals surface area (Å²) >= 11 is 0. The molecule has 5 aliphatic rings. The SMILES string of the molecule is O=C(O)/C=C/C(=O)O.c1ccc(CC23CC4CC(CC(C4)C2NCCCN2CCOCC2)C3)cc1. The van der Waals surface area contributed by atoms with Crippen LogP contribution in [0.25, 0.3) is 0 Å². The van der Waals surface area contributed by atoms with E-state index >= 15 is 0 Å². The van der Waals surface area contributed by atoms with E-state index in [1.807, 2.05) is 0 Å². The number of nitrogens with zero attached hydrogens (tertiary/aromatic N) is 1. The summed E-state index contributed by atoms with van der Waals surface area (Å²) in [5.41, 5.74) is 2.08. The molecule has 3 atom stereocenters. The molecule has 7 heteroatoms. The fraction of sp³-hybridized carbons (Fsp3) is 0.643. The molecule has 4 bridgehead atoms. The van der Waals surface area contributed by atoms with Gasteiger partial charge in [0.2, 0.25) is 0 Å². The highest BCUT2D eigenvalue weighted by atomic mass is 16.5. The van der Waals surface area contributed by atoms with Crippen molar-refractivity contribution in [2.24, 2.45) is 23.2 Å². The third-order valence-corrected chi connectivity index (χ3v) is 8.35. The molecule has 5 fully saturated rings. The topological polar surface area (TPSA) is 99.1 Å². The maximum absolute atomic E-state index is 9.55. The van der Waals surface area contributed by atoms with Gasteiger partial charge >= 0.3 is 11.9 Å². The van der Waals surface area contributed by atoms with Crippen molar-refractivity contribution in [1.29, 1.82) is 0 Å². The van der Waals surface area contributed by atoms with Gasteiger partial charge in [0.05, 0.1) is 13.2 Å². The monoisotopic (exact) mass is 484 g/mol. The van der Waals surface area contributed by atoms with E-state index in [0.717, 1.165) is 50.1 Å². The average Bonchev–Trinajstić information content (AvgIpc) is 2.83. The summed E-state index contributed by atoms with van der Waals surface area (Å²) in [6.45, 7) is 6.48. The minimum atomic E-state index is -1.26. The summed E-state index contributed by atoms with van der Waals surface area (Å²) < 4.78 is 5.48. The first-order valence-electron chi connectivity index (χ1n) is 13.1. The number of carboxylic acid groups (broad SMARTS) is 2. The highest BCUT2D eigenvalue weighted by molar-refractivity contribution is 5.89. The number of carboxylic acids is 2. The zero-order valence-electron chi connectivity index (χ0n) is 20.6. The lowest BCUT2D eigenvalue weighted by Crippen LogP contribution is -2.62. The van der Waals surface area contributed by atoms with Crippen molar-refractivity contribution in [2.45, 2.75) is 51.0 Å². The first-order chi connectivity index (χ1) is 16.9. The highest BCUT2D eigenvalue weighted by Gasteiger charge is 2.56. The van der Waals surface area contributed by atoms with Crippen LogP contribution in [0.1, 0.15) is 44.1 Å². The lowest BCUT2D eigenvalue weighted by atomic mass is 9.46. The first kappa shape index (κ1) is 25.9. The fourth-order valence-corrected chi connectivity index (χ4v) is 7.38. The Kier molecular flexibility index (Phi) is 8.98. The molecule has 1 aliphatic heterocycles. The molecule has 1 aromatic carbocycles. The van der Waals surface area contributed by atoms with Crippen LogP contribution in [0, 0.1) is 23.2 Å². The van der Waals surface area contributed by atoms with Crippen molar-refractivity contribution in [1.82, 2.24) is 10.2 Å². The van der Waals surface area contributed by atoms with Gasteiger partial charge in [0.15, 0.2) is 0 Å². The number of nitrogens with one attached hydrogen (secondary N) is 1. The smallest absolute Gasteiger partial charge is 0.328 e. The van der Waals surface area contributed by atoms with Gasteiger partial charge in [0.25, 0.3) is 0 Å². The number of rotatable bonds is 9. The Morgan fingerprint density at radius 1 is 1.00 bits per heavy atom. The number of morpholine rings is 1. The van der Waals surface area contributed by atoms with Crippen molar-refractivity contribution < 1.29 is 24.5 Å². The summed E-state index contributed by atoms with van der Waals surface area (Å²) in [7, 11) is 0. The van der Waals surface area contributed by atoms with Crippen LogP contribution in [0.5, 0.6) is 0 Å². The molecule has 4 saturated carbocycles. The van der Waals surface area contributed by atoms with Gasteiger partial charge in [0.1, 0.15) is 0 Å². The first-order valence-corrected chi connectivity index (χ1v) is 13.1. The van der Waals surface area contributed by atoms with Gasteiger partial charge in [-0.15, -0.1) is 0 Å². The molecule has 3 unspecified atom stereocenters. The largest absolute Gasteiger partial charge is 0.478 e. The van der Waals surface area contributed by atoms with Crippen LogP contribution in [-0.2, 0) is 20.7 Å². The van der Waals surface area contributed by atoms with Gasteiger partial charge < -0.3 is 20.3 Å². The average molecular weight is 485 g/mol. The van der Waals surface area contributed by atoms with Crippen molar-refractivity contribution >= 4 is 11.9 Å². The number of aliphatic carboxylic acids is 2. The predicted octanol–water partition coefficient (Wildman–Crippen LogP) is 3.45. The fourth-order valence-electron chi connectivity index (χ4n) is 7.38.